The molecule has 5 heteroatoms. The first-order valence-electron chi connectivity index (χ1n) is 15.3. The molecule has 0 aliphatic heterocycles. The monoisotopic (exact) mass is 775 g/mol. The molecular weight excluding hydrogens is 733 g/mol. The van der Waals surface area contributed by atoms with Gasteiger partial charge in [0.1, 0.15) is 5.58 Å². The van der Waals surface area contributed by atoms with Crippen LogP contribution in [0.1, 0.15) is 38.8 Å². The third kappa shape index (κ3) is 8.01. The molecule has 0 atom stereocenters. The first-order valence-corrected chi connectivity index (χ1v) is 18.8. The number of nitrogens with zero attached hydrogens (tertiary/aromatic N) is 2. The second kappa shape index (κ2) is 14.6. The number of para-hydroxylation sites is 1. The molecule has 0 aliphatic carbocycles. The molecule has 6 aromatic rings. The summed E-state index contributed by atoms with van der Waals surface area (Å²) in [6.07, 6.45) is 6.16. The average molecular weight is 775 g/mol. The van der Waals surface area contributed by atoms with E-state index in [1.165, 1.54) is 16.3 Å². The van der Waals surface area contributed by atoms with Crippen LogP contribution in [0.15, 0.2) is 95.7 Å². The molecule has 0 fully saturated rings. The number of hydrogen-bond donors (Lipinski definition) is 0. The number of pyridine rings is 2. The smallest absolute Gasteiger partial charge is 0.120 e. The van der Waals surface area contributed by atoms with Crippen molar-refractivity contribution >= 4 is 35.2 Å². The molecule has 3 nitrogen and oxygen atoms in total. The van der Waals surface area contributed by atoms with Crippen molar-refractivity contribution in [1.82, 2.24) is 9.97 Å². The molecule has 0 unspecified atom stereocenters. The zero-order chi connectivity index (χ0) is 30.6. The van der Waals surface area contributed by atoms with E-state index in [9.17, 15) is 0 Å². The van der Waals surface area contributed by atoms with Gasteiger partial charge >= 0.3 is 0 Å². The molecule has 0 aliphatic rings. The number of benzene rings is 3. The van der Waals surface area contributed by atoms with Gasteiger partial charge in [0.15, 0.2) is 0 Å². The number of rotatable bonds is 7. The van der Waals surface area contributed by atoms with Crippen LogP contribution in [0.3, 0.4) is 0 Å². The summed E-state index contributed by atoms with van der Waals surface area (Å²) >= 11 is 0. The largest absolute Gasteiger partial charge is 0.501 e. The van der Waals surface area contributed by atoms with Crippen molar-refractivity contribution in [1.29, 1.82) is 0 Å². The van der Waals surface area contributed by atoms with Crippen LogP contribution < -0.4 is 5.19 Å². The first-order chi connectivity index (χ1) is 20.6. The van der Waals surface area contributed by atoms with Crippen molar-refractivity contribution in [3.05, 3.63) is 115 Å². The SMILES string of the molecule is CC(C)Cc1cc(-c2[c-]cccc2)ncc1[Si](C)(C)C.CC(C)Cc1ccnc(-c2[c-]ccc3c2oc2ccccc23)c1.[Ir]. The van der Waals surface area contributed by atoms with Gasteiger partial charge in [0.05, 0.1) is 13.7 Å². The second-order valence-electron chi connectivity index (χ2n) is 13.2. The van der Waals surface area contributed by atoms with Gasteiger partial charge in [0.2, 0.25) is 0 Å². The maximum absolute atomic E-state index is 6.09. The van der Waals surface area contributed by atoms with E-state index in [0.717, 1.165) is 57.3 Å². The molecular formula is C39H42IrN2OSi-2. The second-order valence-corrected chi connectivity index (χ2v) is 18.2. The summed E-state index contributed by atoms with van der Waals surface area (Å²) in [7, 11) is -1.34. The van der Waals surface area contributed by atoms with Crippen LogP contribution in [0.4, 0.5) is 0 Å². The standard InChI is InChI=1S/C21H18NO.C18H24NSi.Ir/c1-14(2)12-15-10-11-22-19(13-15)18-8-5-7-17-16-6-3-4-9-20(16)23-21(17)18;1-14(2)11-16-12-17(15-9-7-6-8-10-15)19-13-18(16)20(3,4)5;/h3-7,9-11,13-14H,12H2,1-2H3;6-9,12-14H,11H2,1-5H3;/q2*-1;. The van der Waals surface area contributed by atoms with Gasteiger partial charge in [-0.2, -0.15) is 0 Å². The first kappa shape index (κ1) is 33.5. The molecule has 3 aromatic heterocycles. The Morgan fingerprint density at radius 3 is 2.20 bits per heavy atom. The number of furan rings is 1. The minimum Gasteiger partial charge on any atom is -0.501 e. The molecule has 44 heavy (non-hydrogen) atoms. The fourth-order valence-corrected chi connectivity index (χ4v) is 7.16. The fraction of sp³-hybridized carbons (Fsp3) is 0.282. The summed E-state index contributed by atoms with van der Waals surface area (Å²) in [5, 5.41) is 3.74. The number of hydrogen-bond acceptors (Lipinski definition) is 3. The van der Waals surface area contributed by atoms with Crippen molar-refractivity contribution < 1.29 is 24.5 Å². The minimum atomic E-state index is -1.34. The molecule has 3 aromatic carbocycles. The zero-order valence-corrected chi connectivity index (χ0v) is 30.3. The summed E-state index contributed by atoms with van der Waals surface area (Å²) in [6, 6.07) is 33.3. The van der Waals surface area contributed by atoms with Gasteiger partial charge in [-0.3, -0.25) is 0 Å². The van der Waals surface area contributed by atoms with Gasteiger partial charge in [0.25, 0.3) is 0 Å². The Morgan fingerprint density at radius 2 is 1.50 bits per heavy atom. The van der Waals surface area contributed by atoms with Crippen LogP contribution in [-0.4, -0.2) is 18.0 Å². The van der Waals surface area contributed by atoms with Gasteiger partial charge in [-0.1, -0.05) is 99.7 Å². The van der Waals surface area contributed by atoms with Gasteiger partial charge in [0, 0.05) is 37.9 Å². The van der Waals surface area contributed by atoms with E-state index in [-0.39, 0.29) is 20.1 Å². The molecule has 0 bridgehead atoms. The Balaban J connectivity index is 0.000000199. The van der Waals surface area contributed by atoms with E-state index in [1.807, 2.05) is 48.7 Å². The Hall–Kier alpha value is -3.37. The Morgan fingerprint density at radius 1 is 0.750 bits per heavy atom. The van der Waals surface area contributed by atoms with E-state index >= 15 is 0 Å². The van der Waals surface area contributed by atoms with Gasteiger partial charge < -0.3 is 14.4 Å². The van der Waals surface area contributed by atoms with Crippen LogP contribution in [0.25, 0.3) is 44.5 Å². The topological polar surface area (TPSA) is 38.9 Å². The average Bonchev–Trinajstić information content (AvgIpc) is 3.36. The van der Waals surface area contributed by atoms with Crippen LogP contribution in [0, 0.1) is 24.0 Å². The van der Waals surface area contributed by atoms with Crippen molar-refractivity contribution in [3.8, 4) is 22.5 Å². The van der Waals surface area contributed by atoms with E-state index in [1.54, 1.807) is 0 Å². The van der Waals surface area contributed by atoms with Crippen molar-refractivity contribution in [2.45, 2.75) is 60.2 Å². The quantitative estimate of drug-likeness (QED) is 0.120. The zero-order valence-electron chi connectivity index (χ0n) is 26.9. The molecule has 0 spiro atoms. The van der Waals surface area contributed by atoms with Crippen LogP contribution in [0.5, 0.6) is 0 Å². The summed E-state index contributed by atoms with van der Waals surface area (Å²) in [4.78, 5) is 9.23. The summed E-state index contributed by atoms with van der Waals surface area (Å²) in [6.45, 7) is 16.2. The summed E-state index contributed by atoms with van der Waals surface area (Å²) in [5.41, 5.74) is 8.53. The van der Waals surface area contributed by atoms with Gasteiger partial charge in [-0.25, -0.2) is 0 Å². The Labute approximate surface area is 277 Å². The van der Waals surface area contributed by atoms with E-state index in [2.05, 4.69) is 112 Å². The van der Waals surface area contributed by atoms with Crippen LogP contribution in [0.2, 0.25) is 19.6 Å². The summed E-state index contributed by atoms with van der Waals surface area (Å²) in [5.74, 6) is 1.29. The molecule has 0 amide bonds. The predicted octanol–water partition coefficient (Wildman–Crippen LogP) is 9.94. The molecule has 229 valence electrons. The third-order valence-electron chi connectivity index (χ3n) is 7.47. The van der Waals surface area contributed by atoms with Gasteiger partial charge in [-0.05, 0) is 53.4 Å². The van der Waals surface area contributed by atoms with Crippen LogP contribution >= 0.6 is 0 Å². The van der Waals surface area contributed by atoms with Crippen molar-refractivity contribution in [3.63, 3.8) is 0 Å². The Kier molecular flexibility index (Phi) is 11.1. The summed E-state index contributed by atoms with van der Waals surface area (Å²) < 4.78 is 6.09. The molecule has 6 rings (SSSR count). The maximum Gasteiger partial charge on any atom is 0.120 e. The third-order valence-corrected chi connectivity index (χ3v) is 9.54. The van der Waals surface area contributed by atoms with Crippen molar-refractivity contribution in [2.24, 2.45) is 11.8 Å². The fourth-order valence-electron chi connectivity index (χ4n) is 5.57. The molecule has 0 saturated heterocycles. The molecule has 0 saturated carbocycles. The van der Waals surface area contributed by atoms with Crippen LogP contribution in [-0.2, 0) is 32.9 Å². The van der Waals surface area contributed by atoms with E-state index in [4.69, 9.17) is 4.42 Å². The van der Waals surface area contributed by atoms with E-state index < -0.39 is 8.07 Å². The molecule has 1 radical (unpaired) electrons. The molecule has 0 N–H and O–H groups in total. The van der Waals surface area contributed by atoms with E-state index in [0.29, 0.717) is 11.8 Å². The van der Waals surface area contributed by atoms with Crippen molar-refractivity contribution in [2.75, 3.05) is 0 Å². The normalized spacial score (nSPS) is 11.5. The maximum atomic E-state index is 6.09. The predicted molar refractivity (Wildman–Crippen MR) is 184 cm³/mol. The number of fused-ring (bicyclic) bond motifs is 3. The number of aromatic nitrogens is 2. The Bertz CT molecular complexity index is 1820. The minimum absolute atomic E-state index is 0. The molecule has 3 heterocycles. The van der Waals surface area contributed by atoms with Gasteiger partial charge in [-0.15, -0.1) is 54.1 Å².